The quantitative estimate of drug-likeness (QED) is 0.321. The van der Waals surface area contributed by atoms with Gasteiger partial charge in [-0.05, 0) is 48.1 Å². The summed E-state index contributed by atoms with van der Waals surface area (Å²) in [6.07, 6.45) is 1.33. The molecule has 0 unspecified atom stereocenters. The van der Waals surface area contributed by atoms with Crippen LogP contribution >= 0.6 is 12.2 Å². The zero-order chi connectivity index (χ0) is 17.3. The lowest BCUT2D eigenvalue weighted by Gasteiger charge is -2.28. The highest BCUT2D eigenvalue weighted by atomic mass is 32.1. The predicted molar refractivity (Wildman–Crippen MR) is 96.0 cm³/mol. The zero-order valence-corrected chi connectivity index (χ0v) is 13.6. The lowest BCUT2D eigenvalue weighted by molar-refractivity contribution is -0.122. The highest BCUT2D eigenvalue weighted by Gasteiger charge is 2.34. The fourth-order valence-corrected chi connectivity index (χ4v) is 2.55. The van der Waals surface area contributed by atoms with Gasteiger partial charge in [-0.15, -0.1) is 0 Å². The number of rotatable bonds is 2. The number of hydrogen-bond acceptors (Lipinski definition) is 5. The number of thiocarbonyl (C=S) groups is 1. The van der Waals surface area contributed by atoms with Gasteiger partial charge in [0.2, 0.25) is 0 Å². The van der Waals surface area contributed by atoms with E-state index in [1.54, 1.807) is 30.3 Å². The first-order valence-corrected chi connectivity index (χ1v) is 7.36. The zero-order valence-electron chi connectivity index (χ0n) is 12.8. The van der Waals surface area contributed by atoms with Crippen molar-refractivity contribution >= 4 is 40.9 Å². The lowest BCUT2D eigenvalue weighted by Crippen LogP contribution is -2.54. The molecule has 0 spiro atoms. The summed E-state index contributed by atoms with van der Waals surface area (Å²) in [5.74, 6) is -1.82. The Labute approximate surface area is 148 Å². The smallest absolute Gasteiger partial charge is 0.270 e. The second-order valence-corrected chi connectivity index (χ2v) is 5.43. The van der Waals surface area contributed by atoms with Gasteiger partial charge in [-0.2, -0.15) is 0 Å². The van der Waals surface area contributed by atoms with Crippen molar-refractivity contribution in [2.45, 2.75) is 0 Å². The Hall–Kier alpha value is -3.23. The van der Waals surface area contributed by atoms with E-state index in [1.165, 1.54) is 29.2 Å². The maximum absolute atomic E-state index is 12.7. The van der Waals surface area contributed by atoms with Crippen LogP contribution in [0.1, 0.15) is 5.56 Å². The number of phenols is 2. The molecule has 1 heterocycles. The van der Waals surface area contributed by atoms with E-state index in [1.807, 2.05) is 0 Å². The number of nitrogens with one attached hydrogen (secondary N) is 1. The number of para-hydroxylation sites is 1. The molecule has 8 heteroatoms. The molecule has 0 bridgehead atoms. The van der Waals surface area contributed by atoms with Gasteiger partial charge < -0.3 is 15.7 Å². The molecule has 1 aliphatic rings. The van der Waals surface area contributed by atoms with Crippen LogP contribution in [0, 0.1) is 0 Å². The molecule has 3 rings (SSSR count). The van der Waals surface area contributed by atoms with Gasteiger partial charge in [0.1, 0.15) is 5.57 Å². The van der Waals surface area contributed by atoms with Gasteiger partial charge in [-0.1, -0.05) is 24.3 Å². The molecule has 0 radical (unpaired) electrons. The Bertz CT molecular complexity index is 880. The molecular formula is C17H14N2O5S. The molecule has 0 atom stereocenters. The van der Waals surface area contributed by atoms with Crippen LogP contribution in [-0.2, 0) is 9.59 Å². The van der Waals surface area contributed by atoms with Gasteiger partial charge in [0.05, 0.1) is 5.69 Å². The van der Waals surface area contributed by atoms with E-state index in [0.29, 0.717) is 11.3 Å². The SMILES string of the molecule is O.O=C1NC(=S)N(c2ccccc2)C(=O)/C1=C/c1ccc(O)c(O)c1. The first-order chi connectivity index (χ1) is 11.5. The summed E-state index contributed by atoms with van der Waals surface area (Å²) in [6, 6.07) is 12.7. The molecule has 2 amide bonds. The summed E-state index contributed by atoms with van der Waals surface area (Å²) in [7, 11) is 0. The number of hydrogen-bond donors (Lipinski definition) is 3. The second kappa shape index (κ2) is 7.12. The standard InChI is InChI=1S/C17H12N2O4S.H2O/c20-13-7-6-10(9-14(13)21)8-12-15(22)18-17(24)19(16(12)23)11-4-2-1-3-5-11;/h1-9,20-21H,(H,18,22,24);1H2/b12-8+;. The Morgan fingerprint density at radius 2 is 1.68 bits per heavy atom. The number of benzene rings is 2. The van der Waals surface area contributed by atoms with Crippen LogP contribution in [-0.4, -0.2) is 32.6 Å². The number of carbonyl (C=O) groups excluding carboxylic acids is 2. The van der Waals surface area contributed by atoms with Crippen molar-refractivity contribution in [3.63, 3.8) is 0 Å². The van der Waals surface area contributed by atoms with Gasteiger partial charge in [0.25, 0.3) is 11.8 Å². The molecule has 1 fully saturated rings. The summed E-state index contributed by atoms with van der Waals surface area (Å²) in [6.45, 7) is 0. The monoisotopic (exact) mass is 358 g/mol. The Kier molecular flexibility index (Phi) is 5.16. The minimum Gasteiger partial charge on any atom is -0.504 e. The molecule has 2 aromatic rings. The summed E-state index contributed by atoms with van der Waals surface area (Å²) in [5, 5.41) is 21.3. The molecule has 0 saturated carbocycles. The largest absolute Gasteiger partial charge is 0.504 e. The third-order valence-electron chi connectivity index (χ3n) is 3.43. The first-order valence-electron chi connectivity index (χ1n) is 6.96. The van der Waals surface area contributed by atoms with Crippen molar-refractivity contribution in [3.8, 4) is 11.5 Å². The van der Waals surface area contributed by atoms with E-state index in [9.17, 15) is 19.8 Å². The minimum absolute atomic E-state index is 0. The average Bonchev–Trinajstić information content (AvgIpc) is 2.55. The molecule has 5 N–H and O–H groups in total. The van der Waals surface area contributed by atoms with Crippen molar-refractivity contribution in [1.29, 1.82) is 0 Å². The third kappa shape index (κ3) is 3.49. The van der Waals surface area contributed by atoms with Crippen molar-refractivity contribution in [2.24, 2.45) is 0 Å². The maximum Gasteiger partial charge on any atom is 0.270 e. The van der Waals surface area contributed by atoms with Crippen LogP contribution in [0.5, 0.6) is 11.5 Å². The normalized spacial score (nSPS) is 15.8. The average molecular weight is 358 g/mol. The van der Waals surface area contributed by atoms with Crippen LogP contribution in [0.25, 0.3) is 6.08 Å². The third-order valence-corrected chi connectivity index (χ3v) is 3.71. The highest BCUT2D eigenvalue weighted by Crippen LogP contribution is 2.27. The van der Waals surface area contributed by atoms with Gasteiger partial charge in [0.15, 0.2) is 16.6 Å². The fraction of sp³-hybridized carbons (Fsp3) is 0. The summed E-state index contributed by atoms with van der Waals surface area (Å²) < 4.78 is 0. The van der Waals surface area contributed by atoms with E-state index >= 15 is 0 Å². The number of anilines is 1. The molecule has 1 saturated heterocycles. The van der Waals surface area contributed by atoms with Crippen LogP contribution in [0.15, 0.2) is 54.1 Å². The van der Waals surface area contributed by atoms with Crippen LogP contribution in [0.2, 0.25) is 0 Å². The van der Waals surface area contributed by atoms with E-state index in [2.05, 4.69) is 5.32 Å². The highest BCUT2D eigenvalue weighted by molar-refractivity contribution is 7.80. The van der Waals surface area contributed by atoms with E-state index in [-0.39, 0.29) is 27.7 Å². The van der Waals surface area contributed by atoms with Gasteiger partial charge in [-0.3, -0.25) is 19.8 Å². The molecular weight excluding hydrogens is 344 g/mol. The maximum atomic E-state index is 12.7. The second-order valence-electron chi connectivity index (χ2n) is 5.04. The van der Waals surface area contributed by atoms with Gasteiger partial charge in [0, 0.05) is 0 Å². The molecule has 0 aliphatic carbocycles. The number of phenolic OH excluding ortho intramolecular Hbond substituents is 2. The van der Waals surface area contributed by atoms with Crippen molar-refractivity contribution < 1.29 is 25.3 Å². The fourth-order valence-electron chi connectivity index (χ4n) is 2.27. The Balaban J connectivity index is 0.00000225. The first kappa shape index (κ1) is 18.1. The predicted octanol–water partition coefficient (Wildman–Crippen LogP) is 1.10. The number of carbonyl (C=O) groups is 2. The number of amides is 2. The number of aromatic hydroxyl groups is 2. The molecule has 1 aliphatic heterocycles. The topological polar surface area (TPSA) is 121 Å². The van der Waals surface area contributed by atoms with E-state index in [4.69, 9.17) is 12.2 Å². The summed E-state index contributed by atoms with van der Waals surface area (Å²) >= 11 is 5.09. The molecule has 128 valence electrons. The van der Waals surface area contributed by atoms with Crippen LogP contribution < -0.4 is 10.2 Å². The minimum atomic E-state index is -0.621. The summed E-state index contributed by atoms with van der Waals surface area (Å²) in [4.78, 5) is 26.0. The molecule has 0 aromatic heterocycles. The molecule has 25 heavy (non-hydrogen) atoms. The molecule has 2 aromatic carbocycles. The van der Waals surface area contributed by atoms with Gasteiger partial charge >= 0.3 is 0 Å². The van der Waals surface area contributed by atoms with Gasteiger partial charge in [-0.25, -0.2) is 0 Å². The van der Waals surface area contributed by atoms with Crippen molar-refractivity contribution in [3.05, 3.63) is 59.7 Å². The van der Waals surface area contributed by atoms with Crippen LogP contribution in [0.4, 0.5) is 5.69 Å². The van der Waals surface area contributed by atoms with E-state index < -0.39 is 11.8 Å². The summed E-state index contributed by atoms with van der Waals surface area (Å²) in [5.41, 5.74) is 0.800. The van der Waals surface area contributed by atoms with Crippen LogP contribution in [0.3, 0.4) is 0 Å². The Morgan fingerprint density at radius 3 is 2.32 bits per heavy atom. The lowest BCUT2D eigenvalue weighted by atomic mass is 10.1. The van der Waals surface area contributed by atoms with Crippen molar-refractivity contribution in [2.75, 3.05) is 4.90 Å². The molecule has 7 nitrogen and oxygen atoms in total. The Morgan fingerprint density at radius 1 is 1.00 bits per heavy atom. The number of nitrogens with zero attached hydrogens (tertiary/aromatic N) is 1. The van der Waals surface area contributed by atoms with Crippen molar-refractivity contribution in [1.82, 2.24) is 5.32 Å². The van der Waals surface area contributed by atoms with E-state index in [0.717, 1.165) is 0 Å².